The van der Waals surface area contributed by atoms with Crippen LogP contribution in [0.2, 0.25) is 0 Å². The van der Waals surface area contributed by atoms with Crippen LogP contribution in [0.4, 0.5) is 0 Å². The van der Waals surface area contributed by atoms with Crippen molar-refractivity contribution in [3.63, 3.8) is 0 Å². The van der Waals surface area contributed by atoms with Crippen molar-refractivity contribution in [2.75, 3.05) is 7.11 Å². The molecule has 0 spiro atoms. The van der Waals surface area contributed by atoms with Gasteiger partial charge < -0.3 is 15.0 Å². The zero-order chi connectivity index (χ0) is 12.7. The Morgan fingerprint density at radius 3 is 3.00 bits per heavy atom. The van der Waals surface area contributed by atoms with E-state index in [0.29, 0.717) is 0 Å². The largest absolute Gasteiger partial charge is 0.497 e. The highest BCUT2D eigenvalue weighted by Crippen LogP contribution is 2.32. The monoisotopic (exact) mass is 244 g/mol. The molecule has 3 rings (SSSR count). The topological polar surface area (TPSA) is 54.1 Å². The molecule has 1 amide bonds. The van der Waals surface area contributed by atoms with Crippen molar-refractivity contribution >= 4 is 16.8 Å². The maximum atomic E-state index is 11.1. The lowest BCUT2D eigenvalue weighted by molar-refractivity contribution is -0.119. The molecule has 0 aliphatic heterocycles. The van der Waals surface area contributed by atoms with Gasteiger partial charge in [0.1, 0.15) is 5.75 Å². The van der Waals surface area contributed by atoms with E-state index in [0.717, 1.165) is 24.1 Å². The Hall–Kier alpha value is -1.97. The molecule has 0 fully saturated rings. The molecule has 1 heterocycles. The van der Waals surface area contributed by atoms with Crippen LogP contribution < -0.4 is 10.1 Å². The van der Waals surface area contributed by atoms with Crippen molar-refractivity contribution in [1.82, 2.24) is 10.3 Å². The van der Waals surface area contributed by atoms with E-state index in [2.05, 4.69) is 16.4 Å². The fraction of sp³-hybridized carbons (Fsp3) is 0.357. The zero-order valence-corrected chi connectivity index (χ0v) is 10.5. The van der Waals surface area contributed by atoms with Crippen LogP contribution in [0.1, 0.15) is 18.2 Å². The third kappa shape index (κ3) is 1.74. The number of carbonyl (C=O) groups excluding carboxylic acids is 1. The first-order chi connectivity index (χ1) is 8.67. The Bertz CT molecular complexity index is 616. The van der Waals surface area contributed by atoms with Gasteiger partial charge in [0.2, 0.25) is 5.91 Å². The van der Waals surface area contributed by atoms with Crippen molar-refractivity contribution < 1.29 is 9.53 Å². The Morgan fingerprint density at radius 1 is 1.44 bits per heavy atom. The van der Waals surface area contributed by atoms with Crippen molar-refractivity contribution in [1.29, 1.82) is 0 Å². The van der Waals surface area contributed by atoms with Gasteiger partial charge in [-0.3, -0.25) is 4.79 Å². The summed E-state index contributed by atoms with van der Waals surface area (Å²) in [6.45, 7) is 1.56. The summed E-state index contributed by atoms with van der Waals surface area (Å²) < 4.78 is 5.26. The molecule has 2 N–H and O–H groups in total. The second-order valence-electron chi connectivity index (χ2n) is 4.80. The van der Waals surface area contributed by atoms with Crippen LogP contribution in [0.25, 0.3) is 10.9 Å². The molecule has 0 saturated heterocycles. The van der Waals surface area contributed by atoms with E-state index in [1.807, 2.05) is 12.1 Å². The number of rotatable bonds is 2. The summed E-state index contributed by atoms with van der Waals surface area (Å²) in [7, 11) is 1.67. The number of nitrogens with one attached hydrogen (secondary N) is 2. The first kappa shape index (κ1) is 11.1. The summed E-state index contributed by atoms with van der Waals surface area (Å²) in [5.41, 5.74) is 3.68. The number of aromatic amines is 1. The van der Waals surface area contributed by atoms with Crippen LogP contribution in [0.15, 0.2) is 18.2 Å². The molecule has 1 aliphatic carbocycles. The minimum absolute atomic E-state index is 0.0343. The summed E-state index contributed by atoms with van der Waals surface area (Å²) in [5.74, 6) is 0.902. The number of H-pyrrole nitrogens is 1. The fourth-order valence-corrected chi connectivity index (χ4v) is 2.77. The molecular weight excluding hydrogens is 228 g/mol. The predicted molar refractivity (Wildman–Crippen MR) is 69.9 cm³/mol. The second kappa shape index (κ2) is 4.05. The molecular formula is C14H16N2O2. The first-order valence-corrected chi connectivity index (χ1v) is 6.12. The Balaban J connectivity index is 1.97. The maximum Gasteiger partial charge on any atom is 0.217 e. The molecule has 1 aromatic carbocycles. The standard InChI is InChI=1S/C14H16N2O2/c1-8(17)15-9-5-11-12-7-10(18-2)3-4-13(12)16-14(11)6-9/h3-4,7,9,16H,5-6H2,1-2H3,(H,15,17). The van der Waals surface area contributed by atoms with Crippen LogP contribution in [0.3, 0.4) is 0 Å². The third-order valence-electron chi connectivity index (χ3n) is 3.51. The summed E-state index contributed by atoms with van der Waals surface area (Å²) in [4.78, 5) is 14.5. The molecule has 1 aliphatic rings. The first-order valence-electron chi connectivity index (χ1n) is 6.12. The zero-order valence-electron chi connectivity index (χ0n) is 10.5. The quantitative estimate of drug-likeness (QED) is 0.846. The normalized spacial score (nSPS) is 17.8. The van der Waals surface area contributed by atoms with Gasteiger partial charge in [0.25, 0.3) is 0 Å². The van der Waals surface area contributed by atoms with E-state index in [4.69, 9.17) is 4.74 Å². The van der Waals surface area contributed by atoms with E-state index in [1.54, 1.807) is 14.0 Å². The fourth-order valence-electron chi connectivity index (χ4n) is 2.77. The van der Waals surface area contributed by atoms with Gasteiger partial charge in [0.05, 0.1) is 7.11 Å². The van der Waals surface area contributed by atoms with Crippen LogP contribution in [0.5, 0.6) is 5.75 Å². The summed E-state index contributed by atoms with van der Waals surface area (Å²) in [5, 5.41) is 4.18. The molecule has 0 bridgehead atoms. The van der Waals surface area contributed by atoms with Gasteiger partial charge in [0, 0.05) is 36.0 Å². The van der Waals surface area contributed by atoms with Gasteiger partial charge >= 0.3 is 0 Å². The second-order valence-corrected chi connectivity index (χ2v) is 4.80. The lowest BCUT2D eigenvalue weighted by atomic mass is 10.1. The average Bonchev–Trinajstić information content (AvgIpc) is 2.84. The molecule has 94 valence electrons. The molecule has 2 aromatic rings. The summed E-state index contributed by atoms with van der Waals surface area (Å²) in [6.07, 6.45) is 1.77. The van der Waals surface area contributed by atoms with Gasteiger partial charge in [-0.1, -0.05) is 0 Å². The molecule has 4 heteroatoms. The SMILES string of the molecule is COc1ccc2[nH]c3c(c2c1)CC(NC(C)=O)C3. The summed E-state index contributed by atoms with van der Waals surface area (Å²) in [6, 6.07) is 6.28. The number of ether oxygens (including phenoxy) is 1. The average molecular weight is 244 g/mol. The van der Waals surface area contributed by atoms with E-state index in [1.165, 1.54) is 16.6 Å². The molecule has 1 aromatic heterocycles. The van der Waals surface area contributed by atoms with Crippen molar-refractivity contribution in [2.45, 2.75) is 25.8 Å². The number of amides is 1. The van der Waals surface area contributed by atoms with Gasteiger partial charge in [-0.25, -0.2) is 0 Å². The smallest absolute Gasteiger partial charge is 0.217 e. The lowest BCUT2D eigenvalue weighted by Crippen LogP contribution is -2.33. The maximum absolute atomic E-state index is 11.1. The van der Waals surface area contributed by atoms with Gasteiger partial charge in [0.15, 0.2) is 0 Å². The predicted octanol–water partition coefficient (Wildman–Crippen LogP) is 1.78. The minimum atomic E-state index is 0.0343. The molecule has 1 atom stereocenters. The lowest BCUT2D eigenvalue weighted by Gasteiger charge is -2.10. The molecule has 0 radical (unpaired) electrons. The highest BCUT2D eigenvalue weighted by molar-refractivity contribution is 5.87. The van der Waals surface area contributed by atoms with Crippen molar-refractivity contribution in [2.24, 2.45) is 0 Å². The number of hydrogen-bond donors (Lipinski definition) is 2. The summed E-state index contributed by atoms with van der Waals surface area (Å²) >= 11 is 0. The number of hydrogen-bond acceptors (Lipinski definition) is 2. The minimum Gasteiger partial charge on any atom is -0.497 e. The van der Waals surface area contributed by atoms with Crippen molar-refractivity contribution in [3.8, 4) is 5.75 Å². The van der Waals surface area contributed by atoms with Crippen LogP contribution in [-0.2, 0) is 17.6 Å². The molecule has 18 heavy (non-hydrogen) atoms. The van der Waals surface area contributed by atoms with Crippen molar-refractivity contribution in [3.05, 3.63) is 29.5 Å². The Labute approximate surface area is 105 Å². The van der Waals surface area contributed by atoms with E-state index < -0.39 is 0 Å². The number of fused-ring (bicyclic) bond motifs is 3. The number of methoxy groups -OCH3 is 1. The van der Waals surface area contributed by atoms with Crippen LogP contribution in [-0.4, -0.2) is 24.0 Å². The molecule has 4 nitrogen and oxygen atoms in total. The highest BCUT2D eigenvalue weighted by Gasteiger charge is 2.25. The third-order valence-corrected chi connectivity index (χ3v) is 3.51. The van der Waals surface area contributed by atoms with Gasteiger partial charge in [-0.15, -0.1) is 0 Å². The molecule has 1 unspecified atom stereocenters. The van der Waals surface area contributed by atoms with E-state index in [-0.39, 0.29) is 11.9 Å². The number of carbonyl (C=O) groups is 1. The highest BCUT2D eigenvalue weighted by atomic mass is 16.5. The Morgan fingerprint density at radius 2 is 2.28 bits per heavy atom. The van der Waals surface area contributed by atoms with E-state index in [9.17, 15) is 4.79 Å². The number of benzene rings is 1. The van der Waals surface area contributed by atoms with E-state index >= 15 is 0 Å². The molecule has 0 saturated carbocycles. The van der Waals surface area contributed by atoms with Gasteiger partial charge in [-0.2, -0.15) is 0 Å². The Kier molecular flexibility index (Phi) is 2.51. The van der Waals surface area contributed by atoms with Crippen LogP contribution in [0, 0.1) is 0 Å². The number of aromatic nitrogens is 1. The van der Waals surface area contributed by atoms with Gasteiger partial charge in [-0.05, 0) is 30.2 Å². The van der Waals surface area contributed by atoms with Crippen LogP contribution >= 0.6 is 0 Å².